The molecule has 0 saturated carbocycles. The number of H-pyrrole nitrogens is 1. The van der Waals surface area contributed by atoms with Crippen molar-refractivity contribution in [1.82, 2.24) is 14.4 Å². The monoisotopic (exact) mass is 279 g/mol. The van der Waals surface area contributed by atoms with E-state index in [1.54, 1.807) is 24.3 Å². The number of nitrogens with zero attached hydrogens (tertiary/aromatic N) is 2. The SMILES string of the molecule is C=C/C=C\c1c(C=C)[nH]c(=O)n2c(/C=C\C)c(C=C)nc12. The van der Waals surface area contributed by atoms with Gasteiger partial charge in [0, 0.05) is 5.56 Å². The Labute approximate surface area is 123 Å². The number of imidazole rings is 1. The summed E-state index contributed by atoms with van der Waals surface area (Å²) in [6.45, 7) is 13.0. The number of hydrogen-bond donors (Lipinski definition) is 1. The highest BCUT2D eigenvalue weighted by atomic mass is 16.1. The van der Waals surface area contributed by atoms with Crippen LogP contribution in [0.2, 0.25) is 0 Å². The van der Waals surface area contributed by atoms with Crippen LogP contribution in [-0.4, -0.2) is 14.4 Å². The highest BCUT2D eigenvalue weighted by molar-refractivity contribution is 5.77. The molecule has 21 heavy (non-hydrogen) atoms. The van der Waals surface area contributed by atoms with E-state index in [2.05, 4.69) is 29.7 Å². The molecule has 0 aliphatic carbocycles. The van der Waals surface area contributed by atoms with Crippen LogP contribution in [0.15, 0.2) is 42.8 Å². The largest absolute Gasteiger partial charge is 0.332 e. The van der Waals surface area contributed by atoms with Crippen molar-refractivity contribution in [1.29, 1.82) is 0 Å². The first-order valence-electron chi connectivity index (χ1n) is 6.53. The summed E-state index contributed by atoms with van der Waals surface area (Å²) in [5.74, 6) is 0. The minimum absolute atomic E-state index is 0.260. The zero-order valence-corrected chi connectivity index (χ0v) is 12.0. The second-order valence-corrected chi connectivity index (χ2v) is 4.30. The lowest BCUT2D eigenvalue weighted by Gasteiger charge is -2.04. The molecule has 4 nitrogen and oxygen atoms in total. The van der Waals surface area contributed by atoms with Gasteiger partial charge in [-0.05, 0) is 31.2 Å². The number of fused-ring (bicyclic) bond motifs is 1. The van der Waals surface area contributed by atoms with Gasteiger partial charge >= 0.3 is 5.69 Å². The summed E-state index contributed by atoms with van der Waals surface area (Å²) in [4.78, 5) is 19.6. The summed E-state index contributed by atoms with van der Waals surface area (Å²) in [6, 6.07) is 0. The van der Waals surface area contributed by atoms with E-state index >= 15 is 0 Å². The molecule has 2 aromatic rings. The second kappa shape index (κ2) is 6.05. The van der Waals surface area contributed by atoms with Crippen molar-refractivity contribution in [3.05, 3.63) is 71.1 Å². The molecule has 2 aromatic heterocycles. The summed E-state index contributed by atoms with van der Waals surface area (Å²) in [5.41, 5.74) is 3.07. The molecular weight excluding hydrogens is 262 g/mol. The highest BCUT2D eigenvalue weighted by Gasteiger charge is 2.15. The first-order valence-corrected chi connectivity index (χ1v) is 6.53. The van der Waals surface area contributed by atoms with E-state index in [0.29, 0.717) is 22.7 Å². The number of hydrogen-bond acceptors (Lipinski definition) is 2. The van der Waals surface area contributed by atoms with Gasteiger partial charge in [0.05, 0.1) is 17.1 Å². The van der Waals surface area contributed by atoms with Gasteiger partial charge in [0.2, 0.25) is 0 Å². The molecule has 0 unspecified atom stereocenters. The Morgan fingerprint density at radius 1 is 1.19 bits per heavy atom. The number of aromatic amines is 1. The molecular formula is C17H17N3O. The molecule has 0 radical (unpaired) electrons. The van der Waals surface area contributed by atoms with Crippen molar-refractivity contribution in [2.75, 3.05) is 0 Å². The predicted octanol–water partition coefficient (Wildman–Crippen LogP) is 3.54. The Hall–Kier alpha value is -2.88. The molecule has 0 spiro atoms. The number of rotatable bonds is 5. The van der Waals surface area contributed by atoms with E-state index in [4.69, 9.17) is 0 Å². The van der Waals surface area contributed by atoms with E-state index in [0.717, 1.165) is 5.56 Å². The normalized spacial score (nSPS) is 11.5. The molecule has 106 valence electrons. The summed E-state index contributed by atoms with van der Waals surface area (Å²) in [5, 5.41) is 0. The van der Waals surface area contributed by atoms with E-state index in [9.17, 15) is 4.79 Å². The first kappa shape index (κ1) is 14.5. The minimum atomic E-state index is -0.260. The molecule has 0 atom stereocenters. The van der Waals surface area contributed by atoms with Crippen LogP contribution in [-0.2, 0) is 0 Å². The lowest BCUT2D eigenvalue weighted by molar-refractivity contribution is 0.982. The fourth-order valence-corrected chi connectivity index (χ4v) is 2.15. The van der Waals surface area contributed by atoms with Crippen molar-refractivity contribution in [3.8, 4) is 0 Å². The summed E-state index contributed by atoms with van der Waals surface area (Å²) in [7, 11) is 0. The van der Waals surface area contributed by atoms with Gasteiger partial charge in [-0.15, -0.1) is 0 Å². The van der Waals surface area contributed by atoms with Crippen LogP contribution < -0.4 is 5.69 Å². The second-order valence-electron chi connectivity index (χ2n) is 4.30. The van der Waals surface area contributed by atoms with Gasteiger partial charge in [-0.1, -0.05) is 38.0 Å². The molecule has 4 heteroatoms. The quantitative estimate of drug-likeness (QED) is 0.851. The Morgan fingerprint density at radius 3 is 2.52 bits per heavy atom. The molecule has 0 aliphatic heterocycles. The smallest absolute Gasteiger partial charge is 0.306 e. The third-order valence-corrected chi connectivity index (χ3v) is 3.04. The summed E-state index contributed by atoms with van der Waals surface area (Å²) < 4.78 is 1.53. The molecule has 0 bridgehead atoms. The van der Waals surface area contributed by atoms with Crippen molar-refractivity contribution < 1.29 is 0 Å². The third kappa shape index (κ3) is 2.43. The number of allylic oxidation sites excluding steroid dienone is 3. The van der Waals surface area contributed by atoms with Crippen molar-refractivity contribution >= 4 is 30.0 Å². The lowest BCUT2D eigenvalue weighted by atomic mass is 10.2. The van der Waals surface area contributed by atoms with Crippen LogP contribution in [0.4, 0.5) is 0 Å². The molecule has 0 amide bonds. The number of nitrogens with one attached hydrogen (secondary N) is 1. The minimum Gasteiger partial charge on any atom is -0.306 e. The average Bonchev–Trinajstić information content (AvgIpc) is 2.85. The zero-order chi connectivity index (χ0) is 15.4. The van der Waals surface area contributed by atoms with Gasteiger partial charge in [-0.3, -0.25) is 0 Å². The zero-order valence-electron chi connectivity index (χ0n) is 12.0. The molecule has 2 rings (SSSR count). The van der Waals surface area contributed by atoms with Gasteiger partial charge in [0.1, 0.15) is 0 Å². The third-order valence-electron chi connectivity index (χ3n) is 3.04. The first-order chi connectivity index (χ1) is 10.2. The van der Waals surface area contributed by atoms with Gasteiger partial charge in [0.25, 0.3) is 0 Å². The fourth-order valence-electron chi connectivity index (χ4n) is 2.15. The molecule has 0 aliphatic rings. The van der Waals surface area contributed by atoms with Gasteiger partial charge in [-0.2, -0.15) is 0 Å². The van der Waals surface area contributed by atoms with E-state index in [1.807, 2.05) is 25.2 Å². The van der Waals surface area contributed by atoms with E-state index < -0.39 is 0 Å². The molecule has 0 aromatic carbocycles. The Balaban J connectivity index is 3.01. The Kier molecular flexibility index (Phi) is 4.18. The van der Waals surface area contributed by atoms with Crippen LogP contribution in [0.5, 0.6) is 0 Å². The standard InChI is InChI=1S/C17H17N3O/c1-5-9-11-12-13(7-3)19-17(21)20-15(10-6-2)14(8-4)18-16(12)20/h5-11H,1,3-4H2,2H3,(H,19,21)/b10-6-,11-9-. The van der Waals surface area contributed by atoms with Crippen LogP contribution in [0, 0.1) is 0 Å². The van der Waals surface area contributed by atoms with Crippen molar-refractivity contribution in [2.24, 2.45) is 0 Å². The lowest BCUT2D eigenvalue weighted by Crippen LogP contribution is -2.19. The van der Waals surface area contributed by atoms with Gasteiger partial charge in [-0.25, -0.2) is 14.2 Å². The maximum Gasteiger partial charge on any atom is 0.332 e. The van der Waals surface area contributed by atoms with Crippen molar-refractivity contribution in [2.45, 2.75) is 6.92 Å². The summed E-state index contributed by atoms with van der Waals surface area (Å²) >= 11 is 0. The average molecular weight is 279 g/mol. The fraction of sp³-hybridized carbons (Fsp3) is 0.0588. The predicted molar refractivity (Wildman–Crippen MR) is 89.9 cm³/mol. The maximum absolute atomic E-state index is 12.3. The topological polar surface area (TPSA) is 50.2 Å². The van der Waals surface area contributed by atoms with Crippen LogP contribution in [0.1, 0.15) is 29.6 Å². The Bertz CT molecular complexity index is 832. The van der Waals surface area contributed by atoms with Crippen LogP contribution in [0.3, 0.4) is 0 Å². The van der Waals surface area contributed by atoms with Crippen LogP contribution >= 0.6 is 0 Å². The summed E-state index contributed by atoms with van der Waals surface area (Å²) in [6.07, 6.45) is 12.2. The van der Waals surface area contributed by atoms with Gasteiger partial charge < -0.3 is 4.98 Å². The van der Waals surface area contributed by atoms with E-state index in [-0.39, 0.29) is 5.69 Å². The molecule has 2 heterocycles. The molecule has 0 saturated heterocycles. The Morgan fingerprint density at radius 2 is 1.95 bits per heavy atom. The van der Waals surface area contributed by atoms with E-state index in [1.165, 1.54) is 4.40 Å². The van der Waals surface area contributed by atoms with Gasteiger partial charge in [0.15, 0.2) is 5.65 Å². The van der Waals surface area contributed by atoms with Crippen molar-refractivity contribution in [3.63, 3.8) is 0 Å². The number of aromatic nitrogens is 3. The van der Waals surface area contributed by atoms with Crippen LogP contribution in [0.25, 0.3) is 30.0 Å². The maximum atomic E-state index is 12.3. The molecule has 0 fully saturated rings. The highest BCUT2D eigenvalue weighted by Crippen LogP contribution is 2.20. The molecule has 1 N–H and O–H groups in total.